The number of esters is 1. The summed E-state index contributed by atoms with van der Waals surface area (Å²) in [5.41, 5.74) is 5.31. The third-order valence-electron chi connectivity index (χ3n) is 7.53. The van der Waals surface area contributed by atoms with Crippen molar-refractivity contribution >= 4 is 29.0 Å². The Balaban J connectivity index is 1.37. The van der Waals surface area contributed by atoms with E-state index in [0.717, 1.165) is 22.3 Å². The number of rotatable bonds is 5. The van der Waals surface area contributed by atoms with Crippen molar-refractivity contribution in [3.63, 3.8) is 0 Å². The molecular weight excluding hydrogens is 462 g/mol. The van der Waals surface area contributed by atoms with Gasteiger partial charge in [-0.05, 0) is 60.4 Å². The summed E-state index contributed by atoms with van der Waals surface area (Å²) < 4.78 is 5.25. The molecule has 0 spiro atoms. The molecule has 4 atom stereocenters. The van der Waals surface area contributed by atoms with Gasteiger partial charge in [0.15, 0.2) is 0 Å². The minimum absolute atomic E-state index is 0.132. The quantitative estimate of drug-likeness (QED) is 0.263. The van der Waals surface area contributed by atoms with Gasteiger partial charge in [-0.1, -0.05) is 72.8 Å². The fourth-order valence-electron chi connectivity index (χ4n) is 6.09. The molecule has 37 heavy (non-hydrogen) atoms. The van der Waals surface area contributed by atoms with Gasteiger partial charge in [0.2, 0.25) is 11.8 Å². The molecule has 0 radical (unpaired) electrons. The molecule has 3 aromatic rings. The molecule has 1 saturated carbocycles. The van der Waals surface area contributed by atoms with Crippen molar-refractivity contribution in [3.05, 3.63) is 119 Å². The second kappa shape index (κ2) is 9.00. The summed E-state index contributed by atoms with van der Waals surface area (Å²) >= 11 is 0. The Morgan fingerprint density at radius 3 is 1.65 bits per heavy atom. The molecule has 0 aromatic heterocycles. The summed E-state index contributed by atoms with van der Waals surface area (Å²) in [5, 5.41) is 0. The van der Waals surface area contributed by atoms with Crippen LogP contribution in [0.5, 0.6) is 0 Å². The Bertz CT molecular complexity index is 1360. The third kappa shape index (κ3) is 3.73. The summed E-state index contributed by atoms with van der Waals surface area (Å²) in [7, 11) is 0. The Labute approximate surface area is 216 Å². The van der Waals surface area contributed by atoms with Gasteiger partial charge in [-0.3, -0.25) is 9.59 Å². The van der Waals surface area contributed by atoms with Gasteiger partial charge in [-0.2, -0.15) is 0 Å². The zero-order valence-electron chi connectivity index (χ0n) is 20.7. The Morgan fingerprint density at radius 2 is 1.19 bits per heavy atom. The first-order chi connectivity index (χ1) is 18.0. The van der Waals surface area contributed by atoms with Crippen LogP contribution >= 0.6 is 0 Å². The van der Waals surface area contributed by atoms with E-state index in [1.165, 1.54) is 4.90 Å². The van der Waals surface area contributed by atoms with E-state index in [9.17, 15) is 14.4 Å². The highest BCUT2D eigenvalue weighted by molar-refractivity contribution is 6.23. The maximum atomic E-state index is 13.8. The van der Waals surface area contributed by atoms with Gasteiger partial charge in [-0.25, -0.2) is 9.69 Å². The number of carbonyl (C=O) groups is 3. The van der Waals surface area contributed by atoms with Crippen molar-refractivity contribution in [2.45, 2.75) is 20.0 Å². The molecule has 5 heteroatoms. The van der Waals surface area contributed by atoms with E-state index < -0.39 is 17.8 Å². The molecule has 1 aliphatic heterocycles. The largest absolute Gasteiger partial charge is 0.459 e. The molecule has 2 bridgehead atoms. The van der Waals surface area contributed by atoms with Gasteiger partial charge in [0.25, 0.3) is 0 Å². The predicted molar refractivity (Wildman–Crippen MR) is 141 cm³/mol. The zero-order valence-corrected chi connectivity index (χ0v) is 20.7. The van der Waals surface area contributed by atoms with Crippen LogP contribution in [0, 0.1) is 23.7 Å². The topological polar surface area (TPSA) is 63.7 Å². The van der Waals surface area contributed by atoms with Crippen LogP contribution in [0.25, 0.3) is 5.57 Å². The van der Waals surface area contributed by atoms with E-state index in [-0.39, 0.29) is 29.8 Å². The molecule has 0 N–H and O–H groups in total. The highest BCUT2D eigenvalue weighted by atomic mass is 16.5. The van der Waals surface area contributed by atoms with Crippen LogP contribution in [0.2, 0.25) is 0 Å². The number of nitrogens with zero attached hydrogens (tertiary/aromatic N) is 1. The summed E-state index contributed by atoms with van der Waals surface area (Å²) in [5.74, 6) is -1.90. The molecule has 1 heterocycles. The average molecular weight is 490 g/mol. The number of hydrogen-bond acceptors (Lipinski definition) is 4. The van der Waals surface area contributed by atoms with Gasteiger partial charge < -0.3 is 4.74 Å². The number of amides is 2. The van der Waals surface area contributed by atoms with Gasteiger partial charge in [0.1, 0.15) is 0 Å². The molecule has 3 aliphatic rings. The second-order valence-electron chi connectivity index (χ2n) is 10.1. The first-order valence-corrected chi connectivity index (χ1v) is 12.7. The summed E-state index contributed by atoms with van der Waals surface area (Å²) in [4.78, 5) is 41.0. The summed E-state index contributed by atoms with van der Waals surface area (Å²) in [6.07, 6.45) is 3.98. The molecule has 0 unspecified atom stereocenters. The van der Waals surface area contributed by atoms with Crippen molar-refractivity contribution in [3.8, 4) is 0 Å². The predicted octanol–water partition coefficient (Wildman–Crippen LogP) is 5.68. The van der Waals surface area contributed by atoms with Crippen LogP contribution < -0.4 is 4.90 Å². The Morgan fingerprint density at radius 1 is 0.703 bits per heavy atom. The van der Waals surface area contributed by atoms with Gasteiger partial charge in [-0.15, -0.1) is 0 Å². The van der Waals surface area contributed by atoms with Crippen molar-refractivity contribution in [2.24, 2.45) is 23.7 Å². The van der Waals surface area contributed by atoms with Crippen LogP contribution in [0.4, 0.5) is 5.69 Å². The standard InChI is InChI=1S/C32H27NO4/c1-19(2)37-32(36)22-13-15-23(16-14-22)33-30(34)28-24-17-18-25(29(28)31(33)35)27(24)26(20-9-5-3-6-10-20)21-11-7-4-8-12-21/h3-19,24-25,28-29H,1-2H3/t24-,25-,28+,29+/m0/s1. The number of carbonyl (C=O) groups excluding carboxylic acids is 3. The number of fused-ring (bicyclic) bond motifs is 5. The highest BCUT2D eigenvalue weighted by Crippen LogP contribution is 2.58. The fraction of sp³-hybridized carbons (Fsp3) is 0.219. The minimum Gasteiger partial charge on any atom is -0.459 e. The maximum absolute atomic E-state index is 13.8. The van der Waals surface area contributed by atoms with Crippen LogP contribution in [0.3, 0.4) is 0 Å². The first-order valence-electron chi connectivity index (χ1n) is 12.7. The monoisotopic (exact) mass is 489 g/mol. The SMILES string of the molecule is CC(C)OC(=O)c1ccc(N2C(=O)[C@H]3[C@H](C2=O)[C@H]2C=C[C@H]3C2=C(c2ccccc2)c2ccccc2)cc1. The van der Waals surface area contributed by atoms with E-state index in [1.807, 2.05) is 36.4 Å². The molecule has 1 saturated heterocycles. The minimum atomic E-state index is -0.427. The van der Waals surface area contributed by atoms with E-state index in [0.29, 0.717) is 11.3 Å². The van der Waals surface area contributed by atoms with Gasteiger partial charge >= 0.3 is 5.97 Å². The number of anilines is 1. The summed E-state index contributed by atoms with van der Waals surface area (Å²) in [6, 6.07) is 26.9. The normalized spacial score (nSPS) is 23.6. The van der Waals surface area contributed by atoms with Crippen LogP contribution in [0.15, 0.2) is 103 Å². The van der Waals surface area contributed by atoms with Crippen LogP contribution in [-0.4, -0.2) is 23.9 Å². The summed E-state index contributed by atoms with van der Waals surface area (Å²) in [6.45, 7) is 3.58. The molecular formula is C32H27NO4. The molecule has 6 rings (SSSR count). The van der Waals surface area contributed by atoms with E-state index in [1.54, 1.807) is 38.1 Å². The van der Waals surface area contributed by atoms with Crippen molar-refractivity contribution < 1.29 is 19.1 Å². The highest BCUT2D eigenvalue weighted by Gasteiger charge is 2.62. The van der Waals surface area contributed by atoms with Crippen molar-refractivity contribution in [1.82, 2.24) is 0 Å². The second-order valence-corrected chi connectivity index (χ2v) is 10.1. The van der Waals surface area contributed by atoms with Crippen molar-refractivity contribution in [1.29, 1.82) is 0 Å². The number of imide groups is 1. The number of benzene rings is 3. The van der Waals surface area contributed by atoms with Crippen molar-refractivity contribution in [2.75, 3.05) is 4.90 Å². The molecule has 2 aliphatic carbocycles. The van der Waals surface area contributed by atoms with E-state index >= 15 is 0 Å². The number of hydrogen-bond donors (Lipinski definition) is 0. The van der Waals surface area contributed by atoms with Gasteiger partial charge in [0.05, 0.1) is 29.2 Å². The fourth-order valence-corrected chi connectivity index (χ4v) is 6.09. The number of allylic oxidation sites excluding steroid dienone is 3. The zero-order chi connectivity index (χ0) is 25.7. The average Bonchev–Trinajstić information content (AvgIpc) is 3.54. The van der Waals surface area contributed by atoms with Crippen LogP contribution in [0.1, 0.15) is 35.3 Å². The lowest BCUT2D eigenvalue weighted by Gasteiger charge is -2.21. The Hall–Kier alpha value is -4.25. The molecule has 184 valence electrons. The lowest BCUT2D eigenvalue weighted by molar-refractivity contribution is -0.122. The molecule has 5 nitrogen and oxygen atoms in total. The smallest absolute Gasteiger partial charge is 0.338 e. The maximum Gasteiger partial charge on any atom is 0.338 e. The van der Waals surface area contributed by atoms with Crippen LogP contribution in [-0.2, 0) is 14.3 Å². The van der Waals surface area contributed by atoms with E-state index in [4.69, 9.17) is 4.74 Å². The number of ether oxygens (including phenoxy) is 1. The molecule has 2 fully saturated rings. The van der Waals surface area contributed by atoms with E-state index in [2.05, 4.69) is 36.4 Å². The first kappa shape index (κ1) is 23.2. The third-order valence-corrected chi connectivity index (χ3v) is 7.53. The van der Waals surface area contributed by atoms with Gasteiger partial charge in [0, 0.05) is 11.8 Å². The Kier molecular flexibility index (Phi) is 5.64. The lowest BCUT2D eigenvalue weighted by atomic mass is 9.85. The molecule has 2 amide bonds. The molecule has 3 aromatic carbocycles. The lowest BCUT2D eigenvalue weighted by Crippen LogP contribution is -2.33.